The number of hydrogen-bond acceptors (Lipinski definition) is 3. The average molecular weight is 231 g/mol. The zero-order chi connectivity index (χ0) is 12.1. The van der Waals surface area contributed by atoms with Gasteiger partial charge in [0.25, 0.3) is 0 Å². The molecule has 0 aromatic carbocycles. The van der Waals surface area contributed by atoms with Crippen LogP contribution in [-0.4, -0.2) is 24.1 Å². The predicted molar refractivity (Wildman–Crippen MR) is 72.2 cm³/mol. The first-order valence-electron chi connectivity index (χ1n) is 6.38. The first-order chi connectivity index (χ1) is 8.35. The Balaban J connectivity index is 2.09. The Labute approximate surface area is 104 Å². The van der Waals surface area contributed by atoms with E-state index in [0.717, 1.165) is 25.5 Å². The Bertz CT molecular complexity index is 371. The Morgan fingerprint density at radius 1 is 1.59 bits per heavy atom. The van der Waals surface area contributed by atoms with Crippen molar-refractivity contribution in [3.05, 3.63) is 36.5 Å². The van der Waals surface area contributed by atoms with Crippen LogP contribution < -0.4 is 10.2 Å². The molecule has 1 aromatic heterocycles. The molecular weight excluding hydrogens is 210 g/mol. The molecule has 2 rings (SSSR count). The monoisotopic (exact) mass is 231 g/mol. The molecule has 0 radical (unpaired) electrons. The summed E-state index contributed by atoms with van der Waals surface area (Å²) < 4.78 is 0. The van der Waals surface area contributed by atoms with E-state index in [2.05, 4.69) is 40.8 Å². The van der Waals surface area contributed by atoms with Gasteiger partial charge in [-0.1, -0.05) is 13.0 Å². The van der Waals surface area contributed by atoms with Crippen LogP contribution in [0.15, 0.2) is 31.0 Å². The van der Waals surface area contributed by atoms with E-state index in [-0.39, 0.29) is 0 Å². The molecule has 1 fully saturated rings. The molecule has 0 atom stereocenters. The molecule has 1 aliphatic rings. The van der Waals surface area contributed by atoms with Crippen molar-refractivity contribution < 1.29 is 0 Å². The molecule has 92 valence electrons. The number of anilines is 1. The summed E-state index contributed by atoms with van der Waals surface area (Å²) in [5.41, 5.74) is 1.30. The van der Waals surface area contributed by atoms with Gasteiger partial charge in [-0.3, -0.25) is 0 Å². The van der Waals surface area contributed by atoms with Crippen LogP contribution in [0.25, 0.3) is 0 Å². The van der Waals surface area contributed by atoms with Gasteiger partial charge in [0.05, 0.1) is 0 Å². The van der Waals surface area contributed by atoms with Crippen molar-refractivity contribution in [3.8, 4) is 0 Å². The van der Waals surface area contributed by atoms with Gasteiger partial charge in [-0.25, -0.2) is 4.98 Å². The van der Waals surface area contributed by atoms with Crippen LogP contribution in [0.2, 0.25) is 0 Å². The summed E-state index contributed by atoms with van der Waals surface area (Å²) >= 11 is 0. The number of rotatable bonds is 7. The fourth-order valence-electron chi connectivity index (χ4n) is 1.95. The minimum atomic E-state index is 0.676. The third-order valence-corrected chi connectivity index (χ3v) is 3.00. The maximum Gasteiger partial charge on any atom is 0.129 e. The van der Waals surface area contributed by atoms with E-state index in [1.165, 1.54) is 18.4 Å². The molecule has 1 aromatic rings. The molecule has 0 amide bonds. The van der Waals surface area contributed by atoms with Gasteiger partial charge in [0.2, 0.25) is 0 Å². The predicted octanol–water partition coefficient (Wildman–Crippen LogP) is 2.35. The first-order valence-corrected chi connectivity index (χ1v) is 6.38. The zero-order valence-corrected chi connectivity index (χ0v) is 10.5. The van der Waals surface area contributed by atoms with E-state index in [4.69, 9.17) is 0 Å². The smallest absolute Gasteiger partial charge is 0.129 e. The molecule has 0 aliphatic heterocycles. The quantitative estimate of drug-likeness (QED) is 0.730. The molecule has 1 heterocycles. The molecule has 1 saturated carbocycles. The molecule has 17 heavy (non-hydrogen) atoms. The number of hydrogen-bond donors (Lipinski definition) is 1. The maximum atomic E-state index is 4.48. The van der Waals surface area contributed by atoms with E-state index in [1.54, 1.807) is 0 Å². The van der Waals surface area contributed by atoms with Crippen molar-refractivity contribution in [2.45, 2.75) is 32.4 Å². The SMILES string of the molecule is C=CCN(c1cc(CNCC)ccn1)C1CC1. The molecule has 1 N–H and O–H groups in total. The second-order valence-electron chi connectivity index (χ2n) is 4.47. The molecule has 0 unspecified atom stereocenters. The fourth-order valence-corrected chi connectivity index (χ4v) is 1.95. The standard InChI is InChI=1S/C14H21N3/c1-3-9-17(13-5-6-13)14-10-12(7-8-16-14)11-15-4-2/h3,7-8,10,13,15H,1,4-6,9,11H2,2H3. The van der Waals surface area contributed by atoms with Crippen molar-refractivity contribution in [1.29, 1.82) is 0 Å². The highest BCUT2D eigenvalue weighted by atomic mass is 15.2. The third kappa shape index (κ3) is 3.30. The second kappa shape index (κ2) is 5.82. The number of nitrogens with one attached hydrogen (secondary N) is 1. The van der Waals surface area contributed by atoms with Crippen LogP contribution in [0.4, 0.5) is 5.82 Å². The van der Waals surface area contributed by atoms with Gasteiger partial charge in [-0.05, 0) is 37.1 Å². The van der Waals surface area contributed by atoms with Crippen LogP contribution in [0.5, 0.6) is 0 Å². The highest BCUT2D eigenvalue weighted by Gasteiger charge is 2.29. The average Bonchev–Trinajstić information content (AvgIpc) is 3.18. The Hall–Kier alpha value is -1.35. The molecule has 1 aliphatic carbocycles. The molecule has 3 nitrogen and oxygen atoms in total. The third-order valence-electron chi connectivity index (χ3n) is 3.00. The van der Waals surface area contributed by atoms with Gasteiger partial charge in [0.1, 0.15) is 5.82 Å². The summed E-state index contributed by atoms with van der Waals surface area (Å²) in [6.45, 7) is 8.75. The summed E-state index contributed by atoms with van der Waals surface area (Å²) in [5.74, 6) is 1.09. The van der Waals surface area contributed by atoms with Crippen molar-refractivity contribution in [1.82, 2.24) is 10.3 Å². The number of pyridine rings is 1. The van der Waals surface area contributed by atoms with Crippen molar-refractivity contribution in [2.24, 2.45) is 0 Å². The topological polar surface area (TPSA) is 28.2 Å². The van der Waals surface area contributed by atoms with Gasteiger partial charge < -0.3 is 10.2 Å². The Morgan fingerprint density at radius 2 is 2.41 bits per heavy atom. The Morgan fingerprint density at radius 3 is 3.06 bits per heavy atom. The van der Waals surface area contributed by atoms with Crippen LogP contribution in [0, 0.1) is 0 Å². The Kier molecular flexibility index (Phi) is 4.15. The lowest BCUT2D eigenvalue weighted by atomic mass is 10.2. The van der Waals surface area contributed by atoms with Gasteiger partial charge in [-0.15, -0.1) is 6.58 Å². The minimum absolute atomic E-state index is 0.676. The summed E-state index contributed by atoms with van der Waals surface area (Å²) in [6, 6.07) is 4.94. The molecule has 0 saturated heterocycles. The highest BCUT2D eigenvalue weighted by molar-refractivity contribution is 5.44. The summed E-state index contributed by atoms with van der Waals surface area (Å²) in [4.78, 5) is 6.83. The number of aromatic nitrogens is 1. The van der Waals surface area contributed by atoms with Crippen LogP contribution in [-0.2, 0) is 6.54 Å². The highest BCUT2D eigenvalue weighted by Crippen LogP contribution is 2.30. The lowest BCUT2D eigenvalue weighted by Crippen LogP contribution is -2.26. The molecular formula is C14H21N3. The normalized spacial score (nSPS) is 14.6. The summed E-state index contributed by atoms with van der Waals surface area (Å²) in [6.07, 6.45) is 6.43. The van der Waals surface area contributed by atoms with Gasteiger partial charge in [0, 0.05) is 25.3 Å². The van der Waals surface area contributed by atoms with E-state index in [9.17, 15) is 0 Å². The zero-order valence-electron chi connectivity index (χ0n) is 10.5. The fraction of sp³-hybridized carbons (Fsp3) is 0.500. The van der Waals surface area contributed by atoms with Crippen LogP contribution in [0.3, 0.4) is 0 Å². The lowest BCUT2D eigenvalue weighted by Gasteiger charge is -2.22. The van der Waals surface area contributed by atoms with Crippen molar-refractivity contribution in [3.63, 3.8) is 0 Å². The maximum absolute atomic E-state index is 4.48. The minimum Gasteiger partial charge on any atom is -0.350 e. The number of nitrogens with zero attached hydrogens (tertiary/aromatic N) is 2. The van der Waals surface area contributed by atoms with Crippen LogP contribution >= 0.6 is 0 Å². The van der Waals surface area contributed by atoms with E-state index >= 15 is 0 Å². The van der Waals surface area contributed by atoms with Crippen LogP contribution in [0.1, 0.15) is 25.3 Å². The van der Waals surface area contributed by atoms with E-state index in [0.29, 0.717) is 6.04 Å². The molecule has 0 spiro atoms. The van der Waals surface area contributed by atoms with E-state index < -0.39 is 0 Å². The lowest BCUT2D eigenvalue weighted by molar-refractivity contribution is 0.724. The second-order valence-corrected chi connectivity index (χ2v) is 4.47. The first kappa shape index (κ1) is 12.1. The molecule has 3 heteroatoms. The molecule has 0 bridgehead atoms. The van der Waals surface area contributed by atoms with Crippen molar-refractivity contribution in [2.75, 3.05) is 18.0 Å². The van der Waals surface area contributed by atoms with Gasteiger partial charge >= 0.3 is 0 Å². The largest absolute Gasteiger partial charge is 0.350 e. The summed E-state index contributed by atoms with van der Waals surface area (Å²) in [7, 11) is 0. The van der Waals surface area contributed by atoms with Crippen molar-refractivity contribution >= 4 is 5.82 Å². The van der Waals surface area contributed by atoms with Gasteiger partial charge in [0.15, 0.2) is 0 Å². The van der Waals surface area contributed by atoms with E-state index in [1.807, 2.05) is 12.3 Å². The van der Waals surface area contributed by atoms with Gasteiger partial charge in [-0.2, -0.15) is 0 Å². The summed E-state index contributed by atoms with van der Waals surface area (Å²) in [5, 5.41) is 3.34.